The van der Waals surface area contributed by atoms with Gasteiger partial charge < -0.3 is 18.9 Å². The number of hydrogen-bond donors (Lipinski definition) is 3. The Balaban J connectivity index is 1.53. The number of hydrogen-bond acceptors (Lipinski definition) is 8. The van der Waals surface area contributed by atoms with Gasteiger partial charge in [0.05, 0.1) is 43.9 Å². The average Bonchev–Trinajstić information content (AvgIpc) is 3.64. The van der Waals surface area contributed by atoms with Gasteiger partial charge in [-0.1, -0.05) is 36.4 Å². The lowest BCUT2D eigenvalue weighted by molar-refractivity contribution is -0.142. The Hall–Kier alpha value is -4.41. The highest BCUT2D eigenvalue weighted by Gasteiger charge is 2.24. The van der Waals surface area contributed by atoms with Crippen LogP contribution in [0.5, 0.6) is 11.5 Å². The zero-order valence-electron chi connectivity index (χ0n) is 22.5. The first-order chi connectivity index (χ1) is 19.5. The Morgan fingerprint density at radius 3 is 2.80 bits per heavy atom. The summed E-state index contributed by atoms with van der Waals surface area (Å²) in [5.41, 5.74) is 6.41. The minimum Gasteiger partial charge on any atom is -0.495 e. The van der Waals surface area contributed by atoms with Crippen molar-refractivity contribution < 1.29 is 28.9 Å². The van der Waals surface area contributed by atoms with Crippen molar-refractivity contribution in [2.75, 3.05) is 26.9 Å². The van der Waals surface area contributed by atoms with Gasteiger partial charge in [0.1, 0.15) is 23.8 Å². The van der Waals surface area contributed by atoms with Crippen molar-refractivity contribution in [3.63, 3.8) is 0 Å². The minimum atomic E-state index is -0.306. The molecule has 0 aliphatic carbocycles. The molecule has 1 aliphatic heterocycles. The molecule has 1 saturated heterocycles. The fraction of sp³-hybridized carbons (Fsp3) is 0.300. The zero-order valence-corrected chi connectivity index (χ0v) is 22.5. The summed E-state index contributed by atoms with van der Waals surface area (Å²) in [7, 11) is 1.54. The van der Waals surface area contributed by atoms with E-state index in [0.29, 0.717) is 36.9 Å². The van der Waals surface area contributed by atoms with Gasteiger partial charge in [0.25, 0.3) is 0 Å². The SMILES string of the molecule is CCOC(=O)Cc1ccccc1OCc1nn(C2CCOC2)c2ccc(-c3cccc(C(=N)NO)c3OC)cc12. The maximum atomic E-state index is 12.1. The molecule has 1 atom stereocenters. The van der Waals surface area contributed by atoms with Crippen molar-refractivity contribution in [2.24, 2.45) is 0 Å². The molecule has 0 spiro atoms. The predicted molar refractivity (Wildman–Crippen MR) is 149 cm³/mol. The number of carbonyl (C=O) groups is 1. The molecule has 5 rings (SSSR count). The van der Waals surface area contributed by atoms with Crippen LogP contribution < -0.4 is 15.0 Å². The number of carbonyl (C=O) groups excluding carboxylic acids is 1. The van der Waals surface area contributed by atoms with Crippen LogP contribution >= 0.6 is 0 Å². The van der Waals surface area contributed by atoms with Crippen LogP contribution in [0.4, 0.5) is 0 Å². The maximum Gasteiger partial charge on any atom is 0.310 e. The van der Waals surface area contributed by atoms with Gasteiger partial charge in [0.15, 0.2) is 5.84 Å². The second-order valence-electron chi connectivity index (χ2n) is 9.39. The van der Waals surface area contributed by atoms with Gasteiger partial charge in [-0.3, -0.25) is 25.6 Å². The van der Waals surface area contributed by atoms with Crippen molar-refractivity contribution in [3.05, 3.63) is 77.5 Å². The van der Waals surface area contributed by atoms with E-state index in [-0.39, 0.29) is 30.9 Å². The van der Waals surface area contributed by atoms with Crippen LogP contribution in [-0.4, -0.2) is 53.7 Å². The van der Waals surface area contributed by atoms with Crippen LogP contribution in [0.1, 0.15) is 36.2 Å². The normalized spacial score (nSPS) is 14.7. The standard InChI is InChI=1S/C30H32N4O6/c1-3-39-28(35)16-20-7-4-5-10-27(20)40-18-25-24-15-19(11-12-26(24)34(32-25)21-13-14-38-17-21)22-8-6-9-23(29(22)37-2)30(31)33-36/h4-12,15,21,36H,3,13-14,16-18H2,1-2H3,(H2,31,33). The molecular weight excluding hydrogens is 512 g/mol. The molecule has 40 heavy (non-hydrogen) atoms. The molecule has 0 amide bonds. The van der Waals surface area contributed by atoms with Crippen LogP contribution in [0.15, 0.2) is 60.7 Å². The van der Waals surface area contributed by atoms with E-state index in [9.17, 15) is 10.0 Å². The first-order valence-corrected chi connectivity index (χ1v) is 13.2. The summed E-state index contributed by atoms with van der Waals surface area (Å²) in [5, 5.41) is 23.2. The molecule has 1 fully saturated rings. The number of ether oxygens (including phenoxy) is 4. The second-order valence-corrected chi connectivity index (χ2v) is 9.39. The van der Waals surface area contributed by atoms with E-state index in [2.05, 4.69) is 0 Å². The topological polar surface area (TPSA) is 128 Å². The van der Waals surface area contributed by atoms with Crippen LogP contribution in [0.2, 0.25) is 0 Å². The molecule has 1 aliphatic rings. The lowest BCUT2D eigenvalue weighted by Gasteiger charge is -2.14. The summed E-state index contributed by atoms with van der Waals surface area (Å²) < 4.78 is 24.7. The Labute approximate surface area is 231 Å². The van der Waals surface area contributed by atoms with Gasteiger partial charge in [0, 0.05) is 23.1 Å². The zero-order chi connectivity index (χ0) is 28.1. The number of esters is 1. The van der Waals surface area contributed by atoms with Gasteiger partial charge in [0.2, 0.25) is 0 Å². The number of rotatable bonds is 10. The monoisotopic (exact) mass is 544 g/mol. The summed E-state index contributed by atoms with van der Waals surface area (Å²) in [5.74, 6) is 0.600. The van der Waals surface area contributed by atoms with Gasteiger partial charge >= 0.3 is 5.97 Å². The first-order valence-electron chi connectivity index (χ1n) is 13.2. The highest BCUT2D eigenvalue weighted by atomic mass is 16.5. The number of amidine groups is 1. The van der Waals surface area contributed by atoms with Crippen LogP contribution in [0.25, 0.3) is 22.0 Å². The fourth-order valence-corrected chi connectivity index (χ4v) is 5.02. The molecule has 2 heterocycles. The van der Waals surface area contributed by atoms with Crippen molar-refractivity contribution in [2.45, 2.75) is 32.4 Å². The smallest absolute Gasteiger partial charge is 0.310 e. The van der Waals surface area contributed by atoms with Crippen LogP contribution in [0, 0.1) is 5.41 Å². The van der Waals surface area contributed by atoms with Gasteiger partial charge in [-0.15, -0.1) is 0 Å². The van der Waals surface area contributed by atoms with Crippen LogP contribution in [0.3, 0.4) is 0 Å². The van der Waals surface area contributed by atoms with Gasteiger partial charge in [-0.05, 0) is 43.2 Å². The van der Waals surface area contributed by atoms with E-state index in [1.54, 1.807) is 13.0 Å². The summed E-state index contributed by atoms with van der Waals surface area (Å²) in [6.45, 7) is 3.57. The lowest BCUT2D eigenvalue weighted by atomic mass is 9.99. The van der Waals surface area contributed by atoms with E-state index in [1.165, 1.54) is 7.11 Å². The molecule has 1 unspecified atom stereocenters. The minimum absolute atomic E-state index is 0.118. The van der Waals surface area contributed by atoms with E-state index in [1.807, 2.05) is 64.8 Å². The highest BCUT2D eigenvalue weighted by Crippen LogP contribution is 2.36. The van der Waals surface area contributed by atoms with Gasteiger partial charge in [-0.25, -0.2) is 0 Å². The molecule has 3 N–H and O–H groups in total. The van der Waals surface area contributed by atoms with E-state index >= 15 is 0 Å². The fourth-order valence-electron chi connectivity index (χ4n) is 5.02. The van der Waals surface area contributed by atoms with Crippen molar-refractivity contribution in [1.82, 2.24) is 15.3 Å². The number of aromatic nitrogens is 2. The van der Waals surface area contributed by atoms with Crippen molar-refractivity contribution in [1.29, 1.82) is 5.41 Å². The Morgan fingerprint density at radius 1 is 1.20 bits per heavy atom. The Kier molecular flexibility index (Phi) is 8.28. The number of fused-ring (bicyclic) bond motifs is 1. The van der Waals surface area contributed by atoms with Crippen molar-refractivity contribution >= 4 is 22.7 Å². The number of methoxy groups -OCH3 is 1. The number of nitrogens with zero attached hydrogens (tertiary/aromatic N) is 2. The third-order valence-corrected chi connectivity index (χ3v) is 6.92. The molecule has 0 bridgehead atoms. The quantitative estimate of drug-likeness (QED) is 0.114. The molecule has 10 nitrogen and oxygen atoms in total. The molecule has 3 aromatic carbocycles. The number of benzene rings is 3. The predicted octanol–water partition coefficient (Wildman–Crippen LogP) is 4.66. The maximum absolute atomic E-state index is 12.1. The summed E-state index contributed by atoms with van der Waals surface area (Å²) in [6.07, 6.45) is 0.990. The molecule has 10 heteroatoms. The van der Waals surface area contributed by atoms with E-state index in [4.69, 9.17) is 29.5 Å². The third-order valence-electron chi connectivity index (χ3n) is 6.92. The van der Waals surface area contributed by atoms with Crippen molar-refractivity contribution in [3.8, 4) is 22.6 Å². The summed E-state index contributed by atoms with van der Waals surface area (Å²) in [6, 6.07) is 19.0. The summed E-state index contributed by atoms with van der Waals surface area (Å²) in [4.78, 5) is 12.1. The second kappa shape index (κ2) is 12.2. The highest BCUT2D eigenvalue weighted by molar-refractivity contribution is 6.01. The summed E-state index contributed by atoms with van der Waals surface area (Å²) >= 11 is 0. The average molecular weight is 545 g/mol. The molecule has 1 aromatic heterocycles. The largest absolute Gasteiger partial charge is 0.495 e. The molecular formula is C30H32N4O6. The third kappa shape index (κ3) is 5.49. The molecule has 0 radical (unpaired) electrons. The molecule has 4 aromatic rings. The van der Waals surface area contributed by atoms with E-state index < -0.39 is 0 Å². The number of nitrogens with one attached hydrogen (secondary N) is 2. The van der Waals surface area contributed by atoms with Crippen LogP contribution in [-0.2, 0) is 27.3 Å². The van der Waals surface area contributed by atoms with Gasteiger partial charge in [-0.2, -0.15) is 5.10 Å². The molecule has 0 saturated carbocycles. The Morgan fingerprint density at radius 2 is 2.05 bits per heavy atom. The lowest BCUT2D eigenvalue weighted by Crippen LogP contribution is -2.19. The number of para-hydroxylation sites is 2. The number of hydroxylamine groups is 1. The van der Waals surface area contributed by atoms with E-state index in [0.717, 1.165) is 39.7 Å². The molecule has 208 valence electrons. The Bertz CT molecular complexity index is 1530. The first kappa shape index (κ1) is 27.2.